The first-order valence-corrected chi connectivity index (χ1v) is 12.7. The first kappa shape index (κ1) is 25.6. The smallest absolute Gasteiger partial charge is 0.253 e. The van der Waals surface area contributed by atoms with Crippen molar-refractivity contribution in [1.29, 1.82) is 0 Å². The van der Waals surface area contributed by atoms with Gasteiger partial charge in [-0.3, -0.25) is 18.7 Å². The van der Waals surface area contributed by atoms with Gasteiger partial charge in [0.05, 0.1) is 29.2 Å². The molecular formula is C26H27N3O5S. The summed E-state index contributed by atoms with van der Waals surface area (Å²) in [6.07, 6.45) is 0.979. The minimum absolute atomic E-state index is 0.193. The average Bonchev–Trinajstić information content (AvgIpc) is 2.82. The van der Waals surface area contributed by atoms with Crippen LogP contribution >= 0.6 is 0 Å². The molecular weight excluding hydrogens is 466 g/mol. The fraction of sp³-hybridized carbons (Fsp3) is 0.192. The molecule has 3 aromatic carbocycles. The Hall–Kier alpha value is -3.98. The first-order valence-electron chi connectivity index (χ1n) is 10.9. The van der Waals surface area contributed by atoms with Crippen molar-refractivity contribution in [3.05, 3.63) is 95.6 Å². The first-order chi connectivity index (χ1) is 16.6. The lowest BCUT2D eigenvalue weighted by atomic mass is 10.1. The Morgan fingerprint density at radius 2 is 1.57 bits per heavy atom. The van der Waals surface area contributed by atoms with Crippen LogP contribution in [0.4, 0.5) is 11.4 Å². The number of carbonyl (C=O) groups is 3. The largest absolute Gasteiger partial charge is 0.345 e. The number of nitrogens with zero attached hydrogens (tertiary/aromatic N) is 1. The van der Waals surface area contributed by atoms with Gasteiger partial charge in [-0.15, -0.1) is 0 Å². The number of benzene rings is 3. The van der Waals surface area contributed by atoms with Crippen LogP contribution < -0.4 is 14.9 Å². The van der Waals surface area contributed by atoms with Crippen LogP contribution in [0.15, 0.2) is 78.9 Å². The van der Waals surface area contributed by atoms with Gasteiger partial charge in [-0.25, -0.2) is 8.42 Å². The third-order valence-electron chi connectivity index (χ3n) is 5.32. The molecule has 0 fully saturated rings. The molecule has 8 nitrogen and oxygen atoms in total. The molecule has 0 bridgehead atoms. The van der Waals surface area contributed by atoms with E-state index in [1.807, 2.05) is 37.3 Å². The minimum Gasteiger partial charge on any atom is -0.345 e. The second-order valence-corrected chi connectivity index (χ2v) is 9.98. The summed E-state index contributed by atoms with van der Waals surface area (Å²) in [6.45, 7) is 2.70. The van der Waals surface area contributed by atoms with Gasteiger partial charge in [-0.05, 0) is 43.7 Å². The summed E-state index contributed by atoms with van der Waals surface area (Å²) in [7, 11) is -3.84. The van der Waals surface area contributed by atoms with Crippen molar-refractivity contribution in [3.63, 3.8) is 0 Å². The Morgan fingerprint density at radius 3 is 2.23 bits per heavy atom. The Bertz CT molecular complexity index is 1340. The van der Waals surface area contributed by atoms with Gasteiger partial charge in [-0.1, -0.05) is 54.6 Å². The monoisotopic (exact) mass is 493 g/mol. The number of anilines is 2. The van der Waals surface area contributed by atoms with Crippen molar-refractivity contribution in [2.75, 3.05) is 22.4 Å². The van der Waals surface area contributed by atoms with Crippen molar-refractivity contribution in [1.82, 2.24) is 5.32 Å². The van der Waals surface area contributed by atoms with Crippen LogP contribution in [0.2, 0.25) is 0 Å². The van der Waals surface area contributed by atoms with Crippen molar-refractivity contribution in [2.24, 2.45) is 0 Å². The Balaban J connectivity index is 1.79. The van der Waals surface area contributed by atoms with Gasteiger partial charge >= 0.3 is 0 Å². The van der Waals surface area contributed by atoms with Crippen molar-refractivity contribution >= 4 is 39.0 Å². The van der Waals surface area contributed by atoms with Gasteiger partial charge in [0.25, 0.3) is 5.91 Å². The fourth-order valence-electron chi connectivity index (χ4n) is 3.49. The quantitative estimate of drug-likeness (QED) is 0.441. The SMILES string of the molecule is CC(=O)c1cccc(N(CC(=O)Nc2ccccc2C(=O)N[C@H](C)c2ccccc2)S(C)(=O)=O)c1. The highest BCUT2D eigenvalue weighted by atomic mass is 32.2. The Kier molecular flexibility index (Phi) is 8.03. The van der Waals surface area contributed by atoms with Crippen molar-refractivity contribution in [2.45, 2.75) is 19.9 Å². The summed E-state index contributed by atoms with van der Waals surface area (Å²) >= 11 is 0. The summed E-state index contributed by atoms with van der Waals surface area (Å²) in [5.74, 6) is -1.25. The van der Waals surface area contributed by atoms with Gasteiger partial charge < -0.3 is 10.6 Å². The van der Waals surface area contributed by atoms with E-state index in [-0.39, 0.29) is 34.7 Å². The molecule has 2 amide bonds. The molecule has 35 heavy (non-hydrogen) atoms. The molecule has 0 spiro atoms. The molecule has 0 saturated carbocycles. The topological polar surface area (TPSA) is 113 Å². The molecule has 0 radical (unpaired) electrons. The Morgan fingerprint density at radius 1 is 0.914 bits per heavy atom. The highest BCUT2D eigenvalue weighted by Gasteiger charge is 2.23. The average molecular weight is 494 g/mol. The third kappa shape index (κ3) is 6.77. The molecule has 2 N–H and O–H groups in total. The number of amides is 2. The molecule has 9 heteroatoms. The van der Waals surface area contributed by atoms with Gasteiger partial charge in [0.1, 0.15) is 6.54 Å². The van der Waals surface area contributed by atoms with Crippen LogP contribution in [-0.2, 0) is 14.8 Å². The van der Waals surface area contributed by atoms with E-state index < -0.39 is 22.5 Å². The summed E-state index contributed by atoms with van der Waals surface area (Å²) in [4.78, 5) is 37.5. The molecule has 0 aliphatic carbocycles. The molecule has 0 aliphatic heterocycles. The second kappa shape index (κ2) is 11.0. The van der Waals surface area contributed by atoms with E-state index in [9.17, 15) is 22.8 Å². The second-order valence-electron chi connectivity index (χ2n) is 8.08. The van der Waals surface area contributed by atoms with E-state index in [4.69, 9.17) is 0 Å². The zero-order valence-corrected chi connectivity index (χ0v) is 20.5. The minimum atomic E-state index is -3.84. The zero-order chi connectivity index (χ0) is 25.6. The van der Waals surface area contributed by atoms with Crippen LogP contribution in [0.25, 0.3) is 0 Å². The maximum atomic E-state index is 12.9. The highest BCUT2D eigenvalue weighted by Crippen LogP contribution is 2.21. The molecule has 3 rings (SSSR count). The highest BCUT2D eigenvalue weighted by molar-refractivity contribution is 7.92. The third-order valence-corrected chi connectivity index (χ3v) is 6.46. The number of para-hydroxylation sites is 1. The van der Waals surface area contributed by atoms with E-state index in [1.54, 1.807) is 36.4 Å². The standard InChI is InChI=1S/C26H27N3O5S/c1-18(20-10-5-4-6-11-20)27-26(32)23-14-7-8-15-24(23)28-25(31)17-29(35(3,33)34)22-13-9-12-21(16-22)19(2)30/h4-16,18H,17H2,1-3H3,(H,27,32)(H,28,31)/t18-/m1/s1. The van der Waals surface area contributed by atoms with Gasteiger partial charge in [0.15, 0.2) is 5.78 Å². The summed E-state index contributed by atoms with van der Waals surface area (Å²) in [5.41, 5.74) is 1.94. The number of hydrogen-bond donors (Lipinski definition) is 2. The lowest BCUT2D eigenvalue weighted by Crippen LogP contribution is -2.38. The number of sulfonamides is 1. The summed E-state index contributed by atoms with van der Waals surface area (Å²) in [5, 5.41) is 5.55. The van der Waals surface area contributed by atoms with Crippen LogP contribution in [0.3, 0.4) is 0 Å². The molecule has 0 unspecified atom stereocenters. The van der Waals surface area contributed by atoms with Gasteiger partial charge in [-0.2, -0.15) is 0 Å². The lowest BCUT2D eigenvalue weighted by molar-refractivity contribution is -0.114. The maximum Gasteiger partial charge on any atom is 0.253 e. The van der Waals surface area contributed by atoms with E-state index in [0.717, 1.165) is 16.1 Å². The molecule has 182 valence electrons. The predicted octanol–water partition coefficient (Wildman–Crippen LogP) is 3.78. The molecule has 0 saturated heterocycles. The molecule has 0 aliphatic rings. The van der Waals surface area contributed by atoms with Crippen LogP contribution in [-0.4, -0.2) is 38.8 Å². The van der Waals surface area contributed by atoms with Crippen LogP contribution in [0.5, 0.6) is 0 Å². The molecule has 3 aromatic rings. The van der Waals surface area contributed by atoms with E-state index in [0.29, 0.717) is 5.56 Å². The molecule has 0 aromatic heterocycles. The number of nitrogens with one attached hydrogen (secondary N) is 2. The van der Waals surface area contributed by atoms with Gasteiger partial charge in [0.2, 0.25) is 15.9 Å². The van der Waals surface area contributed by atoms with E-state index in [2.05, 4.69) is 10.6 Å². The lowest BCUT2D eigenvalue weighted by Gasteiger charge is -2.23. The fourth-order valence-corrected chi connectivity index (χ4v) is 4.34. The normalized spacial score (nSPS) is 11.9. The number of Topliss-reactive ketones (excluding diaryl/α,β-unsaturated/α-hetero) is 1. The van der Waals surface area contributed by atoms with Crippen molar-refractivity contribution < 1.29 is 22.8 Å². The summed E-state index contributed by atoms with van der Waals surface area (Å²) < 4.78 is 25.8. The number of hydrogen-bond acceptors (Lipinski definition) is 5. The maximum absolute atomic E-state index is 12.9. The molecule has 1 atom stereocenters. The predicted molar refractivity (Wildman–Crippen MR) is 136 cm³/mol. The number of rotatable bonds is 9. The van der Waals surface area contributed by atoms with Crippen LogP contribution in [0.1, 0.15) is 46.2 Å². The van der Waals surface area contributed by atoms with Gasteiger partial charge in [0, 0.05) is 5.56 Å². The molecule has 0 heterocycles. The van der Waals surface area contributed by atoms with E-state index >= 15 is 0 Å². The Labute approximate surface area is 205 Å². The number of ketones is 1. The van der Waals surface area contributed by atoms with E-state index in [1.165, 1.54) is 19.1 Å². The summed E-state index contributed by atoms with van der Waals surface area (Å²) in [6, 6.07) is 21.7. The van der Waals surface area contributed by atoms with Crippen molar-refractivity contribution in [3.8, 4) is 0 Å². The zero-order valence-electron chi connectivity index (χ0n) is 19.7. The number of carbonyl (C=O) groups excluding carboxylic acids is 3. The van der Waals surface area contributed by atoms with Crippen LogP contribution in [0, 0.1) is 0 Å².